The molecule has 0 fully saturated rings. The standard InChI is InChI=1S/C19H17F2N3O4S/c1-11(12-4-2-5-14(8-12)28-18(20)21)22-16(25)9-13-10-29-19(23-13)24-17(26)15-6-3-7-27-15/h2-8,10-11,18H,9H2,1H3,(H,22,25)(H,23,24,26). The highest BCUT2D eigenvalue weighted by atomic mass is 32.1. The third-order valence-electron chi connectivity index (χ3n) is 3.82. The van der Waals surface area contributed by atoms with Gasteiger partial charge in [-0.1, -0.05) is 12.1 Å². The average Bonchev–Trinajstić information content (AvgIpc) is 3.33. The average molecular weight is 421 g/mol. The first kappa shape index (κ1) is 20.5. The Balaban J connectivity index is 1.54. The molecule has 2 amide bonds. The lowest BCUT2D eigenvalue weighted by Gasteiger charge is -2.15. The van der Waals surface area contributed by atoms with Crippen LogP contribution in [-0.2, 0) is 11.2 Å². The van der Waals surface area contributed by atoms with E-state index in [1.807, 2.05) is 0 Å². The Kier molecular flexibility index (Phi) is 6.55. The molecule has 0 radical (unpaired) electrons. The van der Waals surface area contributed by atoms with Crippen LogP contribution in [0.2, 0.25) is 0 Å². The molecule has 2 heterocycles. The molecule has 0 saturated heterocycles. The van der Waals surface area contributed by atoms with Gasteiger partial charge in [-0.25, -0.2) is 4.98 Å². The maximum absolute atomic E-state index is 12.3. The molecule has 1 aromatic carbocycles. The van der Waals surface area contributed by atoms with Gasteiger partial charge < -0.3 is 14.5 Å². The van der Waals surface area contributed by atoms with Gasteiger partial charge in [0, 0.05) is 5.38 Å². The highest BCUT2D eigenvalue weighted by molar-refractivity contribution is 7.14. The predicted octanol–water partition coefficient (Wildman–Crippen LogP) is 4.01. The summed E-state index contributed by atoms with van der Waals surface area (Å²) in [5.41, 5.74) is 1.12. The molecule has 29 heavy (non-hydrogen) atoms. The van der Waals surface area contributed by atoms with Gasteiger partial charge in [0.05, 0.1) is 24.4 Å². The van der Waals surface area contributed by atoms with E-state index in [-0.39, 0.29) is 23.8 Å². The molecule has 0 aliphatic rings. The van der Waals surface area contributed by atoms with E-state index in [2.05, 4.69) is 20.4 Å². The number of anilines is 1. The van der Waals surface area contributed by atoms with Gasteiger partial charge in [0.2, 0.25) is 5.91 Å². The number of furan rings is 1. The van der Waals surface area contributed by atoms with Crippen LogP contribution in [-0.4, -0.2) is 23.4 Å². The summed E-state index contributed by atoms with van der Waals surface area (Å²) >= 11 is 1.19. The van der Waals surface area contributed by atoms with Crippen molar-refractivity contribution in [2.45, 2.75) is 26.0 Å². The van der Waals surface area contributed by atoms with Crippen molar-refractivity contribution in [2.24, 2.45) is 0 Å². The monoisotopic (exact) mass is 421 g/mol. The zero-order valence-corrected chi connectivity index (χ0v) is 16.0. The van der Waals surface area contributed by atoms with Gasteiger partial charge in [0.15, 0.2) is 10.9 Å². The van der Waals surface area contributed by atoms with Crippen LogP contribution < -0.4 is 15.4 Å². The molecule has 3 rings (SSSR count). The number of thiazole rings is 1. The van der Waals surface area contributed by atoms with E-state index < -0.39 is 18.6 Å². The molecule has 2 N–H and O–H groups in total. The fraction of sp³-hybridized carbons (Fsp3) is 0.211. The smallest absolute Gasteiger partial charge is 0.387 e. The van der Waals surface area contributed by atoms with Crippen LogP contribution >= 0.6 is 11.3 Å². The molecule has 1 unspecified atom stereocenters. The normalized spacial score (nSPS) is 11.9. The fourth-order valence-electron chi connectivity index (χ4n) is 2.51. The fourth-order valence-corrected chi connectivity index (χ4v) is 3.22. The first-order valence-electron chi connectivity index (χ1n) is 8.54. The maximum Gasteiger partial charge on any atom is 0.387 e. The van der Waals surface area contributed by atoms with Crippen LogP contribution in [0.1, 0.15) is 34.8 Å². The van der Waals surface area contributed by atoms with Crippen LogP contribution in [0, 0.1) is 0 Å². The Morgan fingerprint density at radius 3 is 2.83 bits per heavy atom. The predicted molar refractivity (Wildman–Crippen MR) is 102 cm³/mol. The Labute approximate surface area is 168 Å². The number of benzene rings is 1. The number of aromatic nitrogens is 1. The molecule has 7 nitrogen and oxygen atoms in total. The van der Waals surface area contributed by atoms with Crippen molar-refractivity contribution in [1.82, 2.24) is 10.3 Å². The van der Waals surface area contributed by atoms with Crippen molar-refractivity contribution in [3.8, 4) is 5.75 Å². The number of rotatable bonds is 8. The number of ether oxygens (including phenoxy) is 1. The van der Waals surface area contributed by atoms with Crippen LogP contribution in [0.5, 0.6) is 5.75 Å². The molecule has 10 heteroatoms. The second-order valence-corrected chi connectivity index (χ2v) is 6.85. The molecular formula is C19H17F2N3O4S. The van der Waals surface area contributed by atoms with E-state index in [4.69, 9.17) is 4.42 Å². The van der Waals surface area contributed by atoms with Gasteiger partial charge in [0.1, 0.15) is 5.75 Å². The number of hydrogen-bond donors (Lipinski definition) is 2. The Morgan fingerprint density at radius 2 is 2.10 bits per heavy atom. The second-order valence-electron chi connectivity index (χ2n) is 5.99. The van der Waals surface area contributed by atoms with E-state index >= 15 is 0 Å². The second kappa shape index (κ2) is 9.28. The van der Waals surface area contributed by atoms with Crippen molar-refractivity contribution in [3.63, 3.8) is 0 Å². The quantitative estimate of drug-likeness (QED) is 0.573. The van der Waals surface area contributed by atoms with Crippen molar-refractivity contribution in [3.05, 3.63) is 65.1 Å². The highest BCUT2D eigenvalue weighted by Gasteiger charge is 2.15. The van der Waals surface area contributed by atoms with Crippen LogP contribution in [0.25, 0.3) is 0 Å². The summed E-state index contributed by atoms with van der Waals surface area (Å²) in [4.78, 5) is 28.4. The van der Waals surface area contributed by atoms with E-state index in [1.165, 1.54) is 35.8 Å². The van der Waals surface area contributed by atoms with Crippen LogP contribution in [0.3, 0.4) is 0 Å². The van der Waals surface area contributed by atoms with Crippen molar-refractivity contribution >= 4 is 28.3 Å². The Morgan fingerprint density at radius 1 is 1.28 bits per heavy atom. The molecule has 152 valence electrons. The minimum atomic E-state index is -2.91. The van der Waals surface area contributed by atoms with E-state index in [1.54, 1.807) is 30.5 Å². The minimum Gasteiger partial charge on any atom is -0.459 e. The highest BCUT2D eigenvalue weighted by Crippen LogP contribution is 2.21. The zero-order chi connectivity index (χ0) is 20.8. The van der Waals surface area contributed by atoms with Gasteiger partial charge in [-0.05, 0) is 36.8 Å². The van der Waals surface area contributed by atoms with Crippen molar-refractivity contribution < 1.29 is 27.5 Å². The number of halogens is 2. The number of nitrogens with one attached hydrogen (secondary N) is 2. The van der Waals surface area contributed by atoms with Crippen molar-refractivity contribution in [1.29, 1.82) is 0 Å². The number of nitrogens with zero attached hydrogens (tertiary/aromatic N) is 1. The molecule has 0 bridgehead atoms. The lowest BCUT2D eigenvalue weighted by atomic mass is 10.1. The lowest BCUT2D eigenvalue weighted by Crippen LogP contribution is -2.28. The number of amides is 2. The third-order valence-corrected chi connectivity index (χ3v) is 4.63. The molecule has 2 aromatic heterocycles. The van der Waals surface area contributed by atoms with Gasteiger partial charge in [-0.15, -0.1) is 11.3 Å². The van der Waals surface area contributed by atoms with Gasteiger partial charge >= 0.3 is 6.61 Å². The Hall–Kier alpha value is -3.27. The minimum absolute atomic E-state index is 0.00465. The summed E-state index contributed by atoms with van der Waals surface area (Å²) in [6.45, 7) is -1.18. The number of alkyl halides is 2. The number of hydrogen-bond acceptors (Lipinski definition) is 6. The molecule has 3 aromatic rings. The van der Waals surface area contributed by atoms with E-state index in [0.29, 0.717) is 16.4 Å². The van der Waals surface area contributed by atoms with Gasteiger partial charge in [0.25, 0.3) is 5.91 Å². The first-order chi connectivity index (χ1) is 13.9. The molecule has 0 spiro atoms. The molecule has 0 aliphatic heterocycles. The summed E-state index contributed by atoms with van der Waals surface area (Å²) in [6, 6.07) is 8.85. The summed E-state index contributed by atoms with van der Waals surface area (Å²) in [5.74, 6) is -0.548. The maximum atomic E-state index is 12.3. The van der Waals surface area contributed by atoms with Crippen LogP contribution in [0.15, 0.2) is 52.5 Å². The topological polar surface area (TPSA) is 93.5 Å². The number of carbonyl (C=O) groups excluding carboxylic acids is 2. The van der Waals surface area contributed by atoms with Crippen LogP contribution in [0.4, 0.5) is 13.9 Å². The lowest BCUT2D eigenvalue weighted by molar-refractivity contribution is -0.121. The summed E-state index contributed by atoms with van der Waals surface area (Å²) < 4.78 is 34.1. The number of carbonyl (C=O) groups is 2. The van der Waals surface area contributed by atoms with Gasteiger partial charge in [-0.3, -0.25) is 14.9 Å². The van der Waals surface area contributed by atoms with E-state index in [0.717, 1.165) is 0 Å². The molecule has 1 atom stereocenters. The first-order valence-corrected chi connectivity index (χ1v) is 9.42. The molecular weight excluding hydrogens is 404 g/mol. The molecule has 0 saturated carbocycles. The van der Waals surface area contributed by atoms with E-state index in [9.17, 15) is 18.4 Å². The summed E-state index contributed by atoms with van der Waals surface area (Å²) in [6.07, 6.45) is 1.40. The molecule has 0 aliphatic carbocycles. The largest absolute Gasteiger partial charge is 0.459 e. The summed E-state index contributed by atoms with van der Waals surface area (Å²) in [5, 5.41) is 7.38. The third kappa shape index (κ3) is 5.85. The summed E-state index contributed by atoms with van der Waals surface area (Å²) in [7, 11) is 0. The Bertz CT molecular complexity index is 976. The SMILES string of the molecule is CC(NC(=O)Cc1csc(NC(=O)c2ccco2)n1)c1cccc(OC(F)F)c1. The zero-order valence-electron chi connectivity index (χ0n) is 15.2. The van der Waals surface area contributed by atoms with Crippen molar-refractivity contribution in [2.75, 3.05) is 5.32 Å². The van der Waals surface area contributed by atoms with Gasteiger partial charge in [-0.2, -0.15) is 8.78 Å².